The second-order valence-corrected chi connectivity index (χ2v) is 11.5. The third kappa shape index (κ3) is 3.27. The Morgan fingerprint density at radius 3 is 2.35 bits per heavy atom. The molecule has 5 nitrogen and oxygen atoms in total. The van der Waals surface area contributed by atoms with Crippen LogP contribution in [0.2, 0.25) is 5.02 Å². The van der Waals surface area contributed by atoms with Crippen LogP contribution in [0.25, 0.3) is 6.08 Å². The number of ketones is 2. The lowest BCUT2D eigenvalue weighted by Crippen LogP contribution is -2.51. The average Bonchev–Trinajstić information content (AvgIpc) is 3.36. The Morgan fingerprint density at radius 1 is 0.946 bits per heavy atom. The minimum Gasteiger partial charge on any atom is -0.352 e. The molecular formula is C31H27ClN2O3. The van der Waals surface area contributed by atoms with E-state index in [1.807, 2.05) is 86.4 Å². The zero-order chi connectivity index (χ0) is 26.1. The zero-order valence-corrected chi connectivity index (χ0v) is 21.6. The van der Waals surface area contributed by atoms with E-state index in [1.54, 1.807) is 24.3 Å². The molecule has 6 heteroatoms. The summed E-state index contributed by atoms with van der Waals surface area (Å²) in [4.78, 5) is 45.1. The Balaban J connectivity index is 1.68. The van der Waals surface area contributed by atoms with Crippen molar-refractivity contribution >= 4 is 46.5 Å². The van der Waals surface area contributed by atoms with Crippen molar-refractivity contribution < 1.29 is 14.4 Å². The van der Waals surface area contributed by atoms with E-state index in [2.05, 4.69) is 5.32 Å². The molecule has 4 atom stereocenters. The molecule has 1 fully saturated rings. The van der Waals surface area contributed by atoms with Crippen LogP contribution in [0.4, 0.5) is 11.4 Å². The largest absolute Gasteiger partial charge is 0.352 e. The van der Waals surface area contributed by atoms with Crippen LogP contribution in [-0.4, -0.2) is 29.6 Å². The Labute approximate surface area is 221 Å². The second kappa shape index (κ2) is 8.15. The number of carbonyl (C=O) groups is 3. The fourth-order valence-corrected chi connectivity index (χ4v) is 6.48. The van der Waals surface area contributed by atoms with E-state index in [4.69, 9.17) is 11.6 Å². The molecular weight excluding hydrogens is 484 g/mol. The summed E-state index contributed by atoms with van der Waals surface area (Å²) in [6, 6.07) is 20.7. The van der Waals surface area contributed by atoms with Crippen LogP contribution in [0.15, 0.2) is 78.9 Å². The van der Waals surface area contributed by atoms with Gasteiger partial charge in [-0.15, -0.1) is 0 Å². The fourth-order valence-electron chi connectivity index (χ4n) is 6.36. The summed E-state index contributed by atoms with van der Waals surface area (Å²) >= 11 is 6.13. The van der Waals surface area contributed by atoms with E-state index in [0.29, 0.717) is 16.3 Å². The maximum atomic E-state index is 14.5. The highest BCUT2D eigenvalue weighted by Crippen LogP contribution is 2.58. The number of halogens is 1. The van der Waals surface area contributed by atoms with Crippen molar-refractivity contribution in [3.8, 4) is 0 Å². The third-order valence-electron chi connectivity index (χ3n) is 7.96. The number of nitrogens with one attached hydrogen (secondary N) is 1. The Bertz CT molecular complexity index is 1490. The van der Waals surface area contributed by atoms with Gasteiger partial charge in [-0.25, -0.2) is 0 Å². The standard InChI is InChI=1S/C31H27ClN2O3/c1-30(2,3)28(36)26-25(27(35)19-12-15-20(32)16-13-19)31(21-9-5-6-10-22(21)33-29(31)37)24-17-14-18-8-4-7-11-23(18)34(24)26/h4-17,24-26H,1-3H3,(H,33,37)/t24-,25+,26+,31-/m1/s1. The minimum absolute atomic E-state index is 0.0797. The van der Waals surface area contributed by atoms with Crippen molar-refractivity contribution in [1.82, 2.24) is 0 Å². The number of anilines is 2. The molecule has 0 saturated carbocycles. The summed E-state index contributed by atoms with van der Waals surface area (Å²) in [7, 11) is 0. The molecule has 37 heavy (non-hydrogen) atoms. The van der Waals surface area contributed by atoms with Crippen LogP contribution in [0.1, 0.15) is 42.3 Å². The first-order valence-corrected chi connectivity index (χ1v) is 12.8. The third-order valence-corrected chi connectivity index (χ3v) is 8.21. The molecule has 1 saturated heterocycles. The molecule has 186 valence electrons. The van der Waals surface area contributed by atoms with Gasteiger partial charge in [0, 0.05) is 27.4 Å². The number of carbonyl (C=O) groups excluding carboxylic acids is 3. The maximum Gasteiger partial charge on any atom is 0.238 e. The smallest absolute Gasteiger partial charge is 0.238 e. The highest BCUT2D eigenvalue weighted by atomic mass is 35.5. The second-order valence-electron chi connectivity index (χ2n) is 11.0. The topological polar surface area (TPSA) is 66.5 Å². The number of nitrogens with zero attached hydrogens (tertiary/aromatic N) is 1. The van der Waals surface area contributed by atoms with Gasteiger partial charge in [-0.3, -0.25) is 14.4 Å². The van der Waals surface area contributed by atoms with Crippen molar-refractivity contribution in [3.63, 3.8) is 0 Å². The molecule has 0 radical (unpaired) electrons. The van der Waals surface area contributed by atoms with Crippen molar-refractivity contribution in [2.45, 2.75) is 38.3 Å². The number of rotatable bonds is 3. The monoisotopic (exact) mass is 510 g/mol. The van der Waals surface area contributed by atoms with Gasteiger partial charge < -0.3 is 10.2 Å². The van der Waals surface area contributed by atoms with Gasteiger partial charge in [0.15, 0.2) is 11.6 Å². The lowest BCUT2D eigenvalue weighted by Gasteiger charge is -2.38. The Morgan fingerprint density at radius 2 is 1.62 bits per heavy atom. The van der Waals surface area contributed by atoms with Gasteiger partial charge in [0.2, 0.25) is 5.91 Å². The molecule has 3 aliphatic rings. The van der Waals surface area contributed by atoms with Crippen molar-refractivity contribution in [2.75, 3.05) is 10.2 Å². The van der Waals surface area contributed by atoms with E-state index in [-0.39, 0.29) is 17.5 Å². The molecule has 0 unspecified atom stereocenters. The Kier molecular flexibility index (Phi) is 5.22. The summed E-state index contributed by atoms with van der Waals surface area (Å²) in [5.41, 5.74) is 1.61. The average molecular weight is 511 g/mol. The van der Waals surface area contributed by atoms with Crippen molar-refractivity contribution in [1.29, 1.82) is 0 Å². The molecule has 1 N–H and O–H groups in total. The fraction of sp³-hybridized carbons (Fsp3) is 0.258. The van der Waals surface area contributed by atoms with E-state index in [9.17, 15) is 14.4 Å². The molecule has 0 aromatic heterocycles. The van der Waals surface area contributed by atoms with Crippen LogP contribution >= 0.6 is 11.6 Å². The lowest BCUT2D eigenvalue weighted by molar-refractivity contribution is -0.128. The molecule has 3 aromatic carbocycles. The predicted molar refractivity (Wildman–Crippen MR) is 146 cm³/mol. The van der Waals surface area contributed by atoms with Gasteiger partial charge >= 0.3 is 0 Å². The van der Waals surface area contributed by atoms with Crippen molar-refractivity contribution in [2.24, 2.45) is 11.3 Å². The first kappa shape index (κ1) is 23.7. The first-order chi connectivity index (χ1) is 17.7. The molecule has 0 aliphatic carbocycles. The van der Waals surface area contributed by atoms with Gasteiger partial charge in [-0.05, 0) is 47.5 Å². The van der Waals surface area contributed by atoms with Crippen LogP contribution in [0, 0.1) is 11.3 Å². The van der Waals surface area contributed by atoms with Gasteiger partial charge in [0.05, 0.1) is 12.0 Å². The minimum atomic E-state index is -1.29. The SMILES string of the molecule is CC(C)(C)C(=O)[C@@H]1[C@@H](C(=O)c2ccc(Cl)cc2)[C@]2(C(=O)Nc3ccccc32)[C@H]2C=Cc3ccccc3N12. The molecule has 3 heterocycles. The quantitative estimate of drug-likeness (QED) is 0.443. The number of para-hydroxylation sites is 2. The van der Waals surface area contributed by atoms with E-state index < -0.39 is 28.8 Å². The van der Waals surface area contributed by atoms with E-state index >= 15 is 0 Å². The van der Waals surface area contributed by atoms with E-state index in [1.165, 1.54) is 0 Å². The van der Waals surface area contributed by atoms with Crippen LogP contribution in [-0.2, 0) is 15.0 Å². The number of benzene rings is 3. The number of amides is 1. The molecule has 1 amide bonds. The number of Topliss-reactive ketones (excluding diaryl/α,β-unsaturated/α-hetero) is 2. The molecule has 3 aromatic rings. The summed E-state index contributed by atoms with van der Waals surface area (Å²) in [5, 5.41) is 3.56. The summed E-state index contributed by atoms with van der Waals surface area (Å²) in [5.74, 6) is -1.54. The van der Waals surface area contributed by atoms with Gasteiger partial charge in [0.25, 0.3) is 0 Å². The van der Waals surface area contributed by atoms with Crippen molar-refractivity contribution in [3.05, 3.63) is 101 Å². The number of fused-ring (bicyclic) bond motifs is 6. The summed E-state index contributed by atoms with van der Waals surface area (Å²) in [6.07, 6.45) is 3.99. The van der Waals surface area contributed by atoms with Gasteiger partial charge in [-0.1, -0.05) is 80.9 Å². The van der Waals surface area contributed by atoms with Gasteiger partial charge in [-0.2, -0.15) is 0 Å². The predicted octanol–water partition coefficient (Wildman–Crippen LogP) is 5.93. The maximum absolute atomic E-state index is 14.5. The van der Waals surface area contributed by atoms with Crippen LogP contribution in [0.3, 0.4) is 0 Å². The number of hydrogen-bond acceptors (Lipinski definition) is 4. The van der Waals surface area contributed by atoms with Crippen LogP contribution in [0.5, 0.6) is 0 Å². The molecule has 1 spiro atoms. The molecule has 0 bridgehead atoms. The zero-order valence-electron chi connectivity index (χ0n) is 20.9. The normalized spacial score (nSPS) is 25.5. The first-order valence-electron chi connectivity index (χ1n) is 12.5. The molecule has 6 rings (SSSR count). The summed E-state index contributed by atoms with van der Waals surface area (Å²) < 4.78 is 0. The number of hydrogen-bond donors (Lipinski definition) is 1. The molecule has 3 aliphatic heterocycles. The van der Waals surface area contributed by atoms with E-state index in [0.717, 1.165) is 16.8 Å². The summed E-state index contributed by atoms with van der Waals surface area (Å²) in [6.45, 7) is 5.61. The van der Waals surface area contributed by atoms with Gasteiger partial charge in [0.1, 0.15) is 11.5 Å². The lowest BCUT2D eigenvalue weighted by atomic mass is 9.63. The Hall–Kier alpha value is -3.70. The highest BCUT2D eigenvalue weighted by molar-refractivity contribution is 6.30. The highest BCUT2D eigenvalue weighted by Gasteiger charge is 2.70. The van der Waals surface area contributed by atoms with Crippen LogP contribution < -0.4 is 10.2 Å².